The van der Waals surface area contributed by atoms with Gasteiger partial charge in [-0.1, -0.05) is 6.92 Å². The molecule has 3 unspecified atom stereocenters. The molecule has 4 heteroatoms. The molecule has 1 fully saturated rings. The van der Waals surface area contributed by atoms with E-state index in [1.54, 1.807) is 0 Å². The van der Waals surface area contributed by atoms with E-state index in [1.807, 2.05) is 13.8 Å². The summed E-state index contributed by atoms with van der Waals surface area (Å²) in [6.45, 7) is 4.63. The van der Waals surface area contributed by atoms with Crippen molar-refractivity contribution >= 4 is 5.97 Å². The van der Waals surface area contributed by atoms with Crippen molar-refractivity contribution in [2.24, 2.45) is 11.7 Å². The standard InChI is InChI=1S/C8H16N2O2/c1-5-4-10-6(7(11)12)3-8(5,2)9/h5-6,10H,3-4,9H2,1-2H3,(H,11,12). The number of carboxylic acid groups (broad SMARTS) is 1. The highest BCUT2D eigenvalue weighted by atomic mass is 16.4. The topological polar surface area (TPSA) is 75.3 Å². The first-order chi connectivity index (χ1) is 5.43. The molecule has 0 aliphatic carbocycles. The number of rotatable bonds is 1. The van der Waals surface area contributed by atoms with E-state index < -0.39 is 12.0 Å². The second-order valence-corrected chi connectivity index (χ2v) is 3.91. The fourth-order valence-corrected chi connectivity index (χ4v) is 1.44. The smallest absolute Gasteiger partial charge is 0.320 e. The Morgan fingerprint density at radius 1 is 1.75 bits per heavy atom. The Bertz CT molecular complexity index is 191. The van der Waals surface area contributed by atoms with Crippen LogP contribution in [0.5, 0.6) is 0 Å². The average Bonchev–Trinajstić information content (AvgIpc) is 1.94. The molecule has 1 aliphatic heterocycles. The summed E-state index contributed by atoms with van der Waals surface area (Å²) >= 11 is 0. The molecule has 4 nitrogen and oxygen atoms in total. The van der Waals surface area contributed by atoms with Crippen LogP contribution in [0.25, 0.3) is 0 Å². The Morgan fingerprint density at radius 3 is 2.75 bits per heavy atom. The van der Waals surface area contributed by atoms with E-state index in [2.05, 4.69) is 5.32 Å². The minimum Gasteiger partial charge on any atom is -0.480 e. The van der Waals surface area contributed by atoms with E-state index in [1.165, 1.54) is 0 Å². The predicted octanol–water partition coefficient (Wildman–Crippen LogP) is -0.214. The molecular formula is C8H16N2O2. The first-order valence-electron chi connectivity index (χ1n) is 4.18. The van der Waals surface area contributed by atoms with Crippen molar-refractivity contribution in [3.8, 4) is 0 Å². The Labute approximate surface area is 72.1 Å². The van der Waals surface area contributed by atoms with Crippen LogP contribution >= 0.6 is 0 Å². The molecule has 0 radical (unpaired) electrons. The molecule has 3 atom stereocenters. The van der Waals surface area contributed by atoms with Gasteiger partial charge in [-0.25, -0.2) is 0 Å². The average molecular weight is 172 g/mol. The predicted molar refractivity (Wildman–Crippen MR) is 45.8 cm³/mol. The van der Waals surface area contributed by atoms with Crippen LogP contribution in [0, 0.1) is 5.92 Å². The first-order valence-corrected chi connectivity index (χ1v) is 4.18. The molecule has 12 heavy (non-hydrogen) atoms. The van der Waals surface area contributed by atoms with Gasteiger partial charge in [-0.15, -0.1) is 0 Å². The van der Waals surface area contributed by atoms with Gasteiger partial charge < -0.3 is 16.2 Å². The number of carboxylic acids is 1. The number of hydrogen-bond acceptors (Lipinski definition) is 3. The highest BCUT2D eigenvalue weighted by molar-refractivity contribution is 5.73. The van der Waals surface area contributed by atoms with Gasteiger partial charge in [-0.05, 0) is 19.3 Å². The van der Waals surface area contributed by atoms with Crippen LogP contribution in [-0.4, -0.2) is 29.2 Å². The molecule has 0 bridgehead atoms. The monoisotopic (exact) mass is 172 g/mol. The largest absolute Gasteiger partial charge is 0.480 e. The quantitative estimate of drug-likeness (QED) is 0.511. The van der Waals surface area contributed by atoms with Gasteiger partial charge in [0.15, 0.2) is 0 Å². The van der Waals surface area contributed by atoms with E-state index in [0.717, 1.165) is 0 Å². The SMILES string of the molecule is CC1CNC(C(=O)O)CC1(C)N. The molecular weight excluding hydrogens is 156 g/mol. The van der Waals surface area contributed by atoms with Gasteiger partial charge in [0, 0.05) is 12.1 Å². The molecule has 1 aliphatic rings. The summed E-state index contributed by atoms with van der Waals surface area (Å²) in [6, 6.07) is -0.476. The molecule has 0 aromatic carbocycles. The number of nitrogens with one attached hydrogen (secondary N) is 1. The number of carbonyl (C=O) groups is 1. The maximum Gasteiger partial charge on any atom is 0.320 e. The van der Waals surface area contributed by atoms with Crippen LogP contribution in [0.1, 0.15) is 20.3 Å². The lowest BCUT2D eigenvalue weighted by atomic mass is 9.79. The molecule has 70 valence electrons. The molecule has 0 aromatic rings. The third-order valence-electron chi connectivity index (χ3n) is 2.74. The zero-order chi connectivity index (χ0) is 9.35. The van der Waals surface area contributed by atoms with Crippen LogP contribution < -0.4 is 11.1 Å². The molecule has 0 spiro atoms. The van der Waals surface area contributed by atoms with Crippen LogP contribution in [0.4, 0.5) is 0 Å². The van der Waals surface area contributed by atoms with Gasteiger partial charge in [0.05, 0.1) is 0 Å². The molecule has 1 heterocycles. The van der Waals surface area contributed by atoms with E-state index in [4.69, 9.17) is 10.8 Å². The second-order valence-electron chi connectivity index (χ2n) is 3.91. The van der Waals surface area contributed by atoms with Crippen LogP contribution in [-0.2, 0) is 4.79 Å². The Kier molecular flexibility index (Phi) is 2.39. The number of nitrogens with two attached hydrogens (primary N) is 1. The van der Waals surface area contributed by atoms with Gasteiger partial charge >= 0.3 is 5.97 Å². The molecule has 0 aromatic heterocycles. The lowest BCUT2D eigenvalue weighted by molar-refractivity contribution is -0.141. The van der Waals surface area contributed by atoms with Crippen molar-refractivity contribution in [2.75, 3.05) is 6.54 Å². The van der Waals surface area contributed by atoms with Gasteiger partial charge in [0.2, 0.25) is 0 Å². The second kappa shape index (κ2) is 3.03. The summed E-state index contributed by atoms with van der Waals surface area (Å²) in [5, 5.41) is 11.7. The molecule has 1 rings (SSSR count). The van der Waals surface area contributed by atoms with E-state index in [-0.39, 0.29) is 5.54 Å². The van der Waals surface area contributed by atoms with Gasteiger partial charge in [0.25, 0.3) is 0 Å². The molecule has 0 saturated carbocycles. The normalized spacial score (nSPS) is 42.6. The molecule has 1 saturated heterocycles. The van der Waals surface area contributed by atoms with E-state index in [9.17, 15) is 4.79 Å². The fourth-order valence-electron chi connectivity index (χ4n) is 1.44. The Balaban J connectivity index is 2.63. The lowest BCUT2D eigenvalue weighted by Gasteiger charge is -2.39. The maximum absolute atomic E-state index is 10.6. The summed E-state index contributed by atoms with van der Waals surface area (Å²) in [5.41, 5.74) is 5.59. The summed E-state index contributed by atoms with van der Waals surface area (Å²) in [6.07, 6.45) is 0.503. The number of aliphatic carboxylic acids is 1. The molecule has 0 amide bonds. The summed E-state index contributed by atoms with van der Waals surface area (Å²) < 4.78 is 0. The van der Waals surface area contributed by atoms with Crippen LogP contribution in [0.15, 0.2) is 0 Å². The van der Waals surface area contributed by atoms with E-state index in [0.29, 0.717) is 18.9 Å². The van der Waals surface area contributed by atoms with Crippen molar-refractivity contribution in [2.45, 2.75) is 31.8 Å². The third-order valence-corrected chi connectivity index (χ3v) is 2.74. The van der Waals surface area contributed by atoms with Gasteiger partial charge in [-0.3, -0.25) is 4.79 Å². The Morgan fingerprint density at radius 2 is 2.33 bits per heavy atom. The number of hydrogen-bond donors (Lipinski definition) is 3. The van der Waals surface area contributed by atoms with Crippen molar-refractivity contribution < 1.29 is 9.90 Å². The van der Waals surface area contributed by atoms with Gasteiger partial charge in [0.1, 0.15) is 6.04 Å². The van der Waals surface area contributed by atoms with Crippen molar-refractivity contribution in [1.29, 1.82) is 0 Å². The van der Waals surface area contributed by atoms with Crippen LogP contribution in [0.3, 0.4) is 0 Å². The highest BCUT2D eigenvalue weighted by Gasteiger charge is 2.37. The van der Waals surface area contributed by atoms with Gasteiger partial charge in [-0.2, -0.15) is 0 Å². The van der Waals surface area contributed by atoms with E-state index >= 15 is 0 Å². The maximum atomic E-state index is 10.6. The summed E-state index contributed by atoms with van der Waals surface area (Å²) in [7, 11) is 0. The minimum atomic E-state index is -0.807. The fraction of sp³-hybridized carbons (Fsp3) is 0.875. The minimum absolute atomic E-state index is 0.327. The third kappa shape index (κ3) is 1.76. The summed E-state index contributed by atoms with van der Waals surface area (Å²) in [4.78, 5) is 10.6. The van der Waals surface area contributed by atoms with Crippen molar-refractivity contribution in [1.82, 2.24) is 5.32 Å². The zero-order valence-corrected chi connectivity index (χ0v) is 7.50. The van der Waals surface area contributed by atoms with Crippen molar-refractivity contribution in [3.05, 3.63) is 0 Å². The lowest BCUT2D eigenvalue weighted by Crippen LogP contribution is -2.59. The highest BCUT2D eigenvalue weighted by Crippen LogP contribution is 2.23. The van der Waals surface area contributed by atoms with Crippen molar-refractivity contribution in [3.63, 3.8) is 0 Å². The Hall–Kier alpha value is -0.610. The number of piperidine rings is 1. The summed E-state index contributed by atoms with van der Waals surface area (Å²) in [5.74, 6) is -0.480. The first kappa shape index (κ1) is 9.48. The molecule has 4 N–H and O–H groups in total. The zero-order valence-electron chi connectivity index (χ0n) is 7.50. The van der Waals surface area contributed by atoms with Crippen LogP contribution in [0.2, 0.25) is 0 Å².